The van der Waals surface area contributed by atoms with Crippen LogP contribution < -0.4 is 10.3 Å². The van der Waals surface area contributed by atoms with E-state index in [-0.39, 0.29) is 51.5 Å². The number of pyridine rings is 1. The number of benzene rings is 2. The quantitative estimate of drug-likeness (QED) is 0.233. The van der Waals surface area contributed by atoms with E-state index in [1.807, 2.05) is 0 Å². The summed E-state index contributed by atoms with van der Waals surface area (Å²) in [7, 11) is 0. The SMILES string of the molecule is CCOC(=O)c1cc2c(-c3cc([N+](=O)[O-])ccc3Oc3ccc(F)cc3F)[nH]c(C)c2c(=O)[nH]1. The van der Waals surface area contributed by atoms with Crippen molar-refractivity contribution in [2.75, 3.05) is 6.61 Å². The number of halogens is 2. The zero-order valence-corrected chi connectivity index (χ0v) is 17.9. The van der Waals surface area contributed by atoms with Crippen LogP contribution in [0.25, 0.3) is 22.0 Å². The number of hydrogen-bond acceptors (Lipinski definition) is 6. The van der Waals surface area contributed by atoms with Crippen LogP contribution in [-0.4, -0.2) is 27.5 Å². The van der Waals surface area contributed by atoms with Gasteiger partial charge in [0.25, 0.3) is 11.2 Å². The molecule has 11 heteroatoms. The molecule has 0 fully saturated rings. The minimum Gasteiger partial charge on any atom is -0.461 e. The molecule has 0 saturated carbocycles. The van der Waals surface area contributed by atoms with Crippen LogP contribution in [0.4, 0.5) is 14.5 Å². The summed E-state index contributed by atoms with van der Waals surface area (Å²) in [5.41, 5.74) is -0.207. The van der Waals surface area contributed by atoms with Crippen molar-refractivity contribution in [3.8, 4) is 22.8 Å². The third-order valence-electron chi connectivity index (χ3n) is 5.04. The van der Waals surface area contributed by atoms with Gasteiger partial charge < -0.3 is 19.4 Å². The summed E-state index contributed by atoms with van der Waals surface area (Å²) in [6, 6.07) is 7.72. The number of nitro benzene ring substituents is 1. The lowest BCUT2D eigenvalue weighted by Crippen LogP contribution is -2.15. The predicted molar refractivity (Wildman–Crippen MR) is 118 cm³/mol. The highest BCUT2D eigenvalue weighted by molar-refractivity contribution is 6.02. The summed E-state index contributed by atoms with van der Waals surface area (Å²) in [6.45, 7) is 3.31. The molecule has 174 valence electrons. The summed E-state index contributed by atoms with van der Waals surface area (Å²) in [4.78, 5) is 41.2. The average molecular weight is 469 g/mol. The van der Waals surface area contributed by atoms with Crippen LogP contribution in [0, 0.1) is 28.7 Å². The van der Waals surface area contributed by atoms with Crippen molar-refractivity contribution in [3.63, 3.8) is 0 Å². The standard InChI is InChI=1S/C23H17F2N3O6/c1-3-33-23(30)17-10-15-20(22(29)27-17)11(2)26-21(15)14-9-13(28(31)32)5-7-18(14)34-19-6-4-12(24)8-16(19)25/h4-10,26H,3H2,1-2H3,(H,27,29). The summed E-state index contributed by atoms with van der Waals surface area (Å²) in [6.07, 6.45) is 0. The molecule has 0 spiro atoms. The van der Waals surface area contributed by atoms with Crippen LogP contribution in [0.3, 0.4) is 0 Å². The van der Waals surface area contributed by atoms with Crippen LogP contribution in [0.15, 0.2) is 47.3 Å². The fourth-order valence-electron chi connectivity index (χ4n) is 3.57. The van der Waals surface area contributed by atoms with Crippen molar-refractivity contribution < 1.29 is 28.0 Å². The van der Waals surface area contributed by atoms with E-state index in [4.69, 9.17) is 9.47 Å². The Kier molecular flexibility index (Phi) is 5.84. The van der Waals surface area contributed by atoms with Gasteiger partial charge in [0.2, 0.25) is 0 Å². The van der Waals surface area contributed by atoms with Crippen LogP contribution >= 0.6 is 0 Å². The number of aryl methyl sites for hydroxylation is 1. The molecule has 2 aromatic carbocycles. The number of ether oxygens (including phenoxy) is 2. The lowest BCUT2D eigenvalue weighted by molar-refractivity contribution is -0.384. The number of H-pyrrole nitrogens is 2. The molecule has 34 heavy (non-hydrogen) atoms. The highest BCUT2D eigenvalue weighted by Gasteiger charge is 2.22. The second-order valence-electron chi connectivity index (χ2n) is 7.26. The third-order valence-corrected chi connectivity index (χ3v) is 5.04. The number of non-ortho nitro benzene ring substituents is 1. The van der Waals surface area contributed by atoms with Gasteiger partial charge in [-0.2, -0.15) is 0 Å². The summed E-state index contributed by atoms with van der Waals surface area (Å²) in [5.74, 6) is -2.84. The van der Waals surface area contributed by atoms with Crippen LogP contribution in [0.1, 0.15) is 23.1 Å². The molecule has 0 saturated heterocycles. The number of aromatic amines is 2. The summed E-state index contributed by atoms with van der Waals surface area (Å²) >= 11 is 0. The Hall–Kier alpha value is -4.54. The van der Waals surface area contributed by atoms with Gasteiger partial charge in [-0.15, -0.1) is 0 Å². The Morgan fingerprint density at radius 2 is 1.82 bits per heavy atom. The van der Waals surface area contributed by atoms with Crippen molar-refractivity contribution in [3.05, 3.63) is 86.0 Å². The zero-order valence-electron chi connectivity index (χ0n) is 17.9. The predicted octanol–water partition coefficient (Wildman–Crippen LogP) is 4.99. The Morgan fingerprint density at radius 3 is 2.50 bits per heavy atom. The van der Waals surface area contributed by atoms with Gasteiger partial charge in [-0.05, 0) is 38.1 Å². The maximum Gasteiger partial charge on any atom is 0.354 e. The number of hydrogen-bond donors (Lipinski definition) is 2. The minimum absolute atomic E-state index is 0.00257. The monoisotopic (exact) mass is 469 g/mol. The highest BCUT2D eigenvalue weighted by Crippen LogP contribution is 2.40. The van der Waals surface area contributed by atoms with Gasteiger partial charge in [0.05, 0.1) is 22.6 Å². The normalized spacial score (nSPS) is 10.9. The van der Waals surface area contributed by atoms with Gasteiger partial charge in [-0.1, -0.05) is 0 Å². The van der Waals surface area contributed by atoms with Crippen LogP contribution in [0.5, 0.6) is 11.5 Å². The molecule has 9 nitrogen and oxygen atoms in total. The Balaban J connectivity index is 1.96. The van der Waals surface area contributed by atoms with E-state index in [0.717, 1.165) is 18.2 Å². The first-order valence-electron chi connectivity index (χ1n) is 10.0. The first kappa shape index (κ1) is 22.6. The molecule has 2 heterocycles. The van der Waals surface area contributed by atoms with E-state index in [0.29, 0.717) is 11.8 Å². The Labute approximate surface area is 190 Å². The number of carbonyl (C=O) groups is 1. The molecular weight excluding hydrogens is 452 g/mol. The Morgan fingerprint density at radius 1 is 1.09 bits per heavy atom. The third kappa shape index (κ3) is 4.10. The van der Waals surface area contributed by atoms with E-state index in [2.05, 4.69) is 9.97 Å². The lowest BCUT2D eigenvalue weighted by atomic mass is 10.1. The smallest absolute Gasteiger partial charge is 0.354 e. The van der Waals surface area contributed by atoms with Crippen LogP contribution in [-0.2, 0) is 4.74 Å². The van der Waals surface area contributed by atoms with E-state index in [1.54, 1.807) is 13.8 Å². The van der Waals surface area contributed by atoms with Crippen LogP contribution in [0.2, 0.25) is 0 Å². The Bertz CT molecular complexity index is 1510. The second-order valence-corrected chi connectivity index (χ2v) is 7.26. The highest BCUT2D eigenvalue weighted by atomic mass is 19.1. The van der Waals surface area contributed by atoms with Gasteiger partial charge in [-0.25, -0.2) is 13.6 Å². The fourth-order valence-corrected chi connectivity index (χ4v) is 3.57. The van der Waals surface area contributed by atoms with Gasteiger partial charge >= 0.3 is 5.97 Å². The molecule has 0 aliphatic carbocycles. The van der Waals surface area contributed by atoms with E-state index in [9.17, 15) is 28.5 Å². The number of carbonyl (C=O) groups excluding carboxylic acids is 1. The fraction of sp³-hybridized carbons (Fsp3) is 0.130. The van der Waals surface area contributed by atoms with Gasteiger partial charge in [0, 0.05) is 34.8 Å². The maximum atomic E-state index is 14.2. The number of esters is 1. The minimum atomic E-state index is -0.974. The molecule has 0 radical (unpaired) electrons. The maximum absolute atomic E-state index is 14.2. The van der Waals surface area contributed by atoms with E-state index >= 15 is 0 Å². The number of fused-ring (bicyclic) bond motifs is 1. The number of nitrogens with one attached hydrogen (secondary N) is 2. The number of rotatable bonds is 6. The average Bonchev–Trinajstić information content (AvgIpc) is 3.12. The van der Waals surface area contributed by atoms with Crippen molar-refractivity contribution in [2.45, 2.75) is 13.8 Å². The first-order chi connectivity index (χ1) is 16.2. The molecular formula is C23H17F2N3O6. The largest absolute Gasteiger partial charge is 0.461 e. The summed E-state index contributed by atoms with van der Waals surface area (Å²) in [5, 5.41) is 11.9. The molecule has 0 amide bonds. The zero-order chi connectivity index (χ0) is 24.6. The molecule has 0 bridgehead atoms. The van der Waals surface area contributed by atoms with Gasteiger partial charge in [-0.3, -0.25) is 14.9 Å². The van der Waals surface area contributed by atoms with Crippen molar-refractivity contribution in [1.29, 1.82) is 0 Å². The molecule has 0 aliphatic rings. The van der Waals surface area contributed by atoms with Gasteiger partial charge in [0.15, 0.2) is 11.6 Å². The van der Waals surface area contributed by atoms with Crippen molar-refractivity contribution >= 4 is 22.4 Å². The van der Waals surface area contributed by atoms with Crippen molar-refractivity contribution in [1.82, 2.24) is 9.97 Å². The number of nitrogens with zero attached hydrogens (tertiary/aromatic N) is 1. The molecule has 2 N–H and O–H groups in total. The molecule has 0 unspecified atom stereocenters. The molecule has 4 rings (SSSR count). The van der Waals surface area contributed by atoms with Gasteiger partial charge in [0.1, 0.15) is 17.3 Å². The molecule has 4 aromatic rings. The topological polar surface area (TPSA) is 127 Å². The van der Waals surface area contributed by atoms with Crippen molar-refractivity contribution in [2.24, 2.45) is 0 Å². The summed E-state index contributed by atoms with van der Waals surface area (Å²) < 4.78 is 38.1. The molecule has 0 atom stereocenters. The number of nitro groups is 1. The molecule has 2 aromatic heterocycles. The lowest BCUT2D eigenvalue weighted by Gasteiger charge is -2.12. The van der Waals surface area contributed by atoms with E-state index < -0.39 is 28.1 Å². The second kappa shape index (κ2) is 8.77. The molecule has 0 aliphatic heterocycles. The first-order valence-corrected chi connectivity index (χ1v) is 10.0. The number of aromatic nitrogens is 2. The van der Waals surface area contributed by atoms with E-state index in [1.165, 1.54) is 18.2 Å².